The summed E-state index contributed by atoms with van der Waals surface area (Å²) in [5.74, 6) is 0.488. The third kappa shape index (κ3) is 0.824. The second kappa shape index (κ2) is 2.08. The summed E-state index contributed by atoms with van der Waals surface area (Å²) in [6.45, 7) is 1.85. The van der Waals surface area contributed by atoms with E-state index in [0.717, 1.165) is 0 Å². The number of halogens is 1. The van der Waals surface area contributed by atoms with Crippen LogP contribution in [0, 0.1) is 5.82 Å². The van der Waals surface area contributed by atoms with Crippen LogP contribution in [-0.4, -0.2) is 11.3 Å². The van der Waals surface area contributed by atoms with E-state index in [2.05, 4.69) is 15.3 Å². The number of rotatable bonds is 0. The molecule has 3 nitrogen and oxygen atoms in total. The van der Waals surface area contributed by atoms with E-state index >= 15 is 0 Å². The molecule has 2 heterocycles. The smallest absolute Gasteiger partial charge is 0.148 e. The summed E-state index contributed by atoms with van der Waals surface area (Å²) < 4.78 is 12.9. The first-order valence-corrected chi connectivity index (χ1v) is 3.44. The SMILES string of the molecule is CC1N=CNc2[nH]cc(F)c21. The van der Waals surface area contributed by atoms with E-state index in [1.165, 1.54) is 6.20 Å². The summed E-state index contributed by atoms with van der Waals surface area (Å²) in [6.07, 6.45) is 2.91. The standard InChI is InChI=1S/C7H8FN3/c1-4-6-5(8)2-9-7(6)11-3-10-4/h2-4,9H,1H3,(H,10,11). The van der Waals surface area contributed by atoms with Crippen LogP contribution in [0.3, 0.4) is 0 Å². The average molecular weight is 153 g/mol. The summed E-state index contributed by atoms with van der Waals surface area (Å²) in [7, 11) is 0. The highest BCUT2D eigenvalue weighted by molar-refractivity contribution is 5.78. The van der Waals surface area contributed by atoms with Crippen molar-refractivity contribution in [3.8, 4) is 0 Å². The molecule has 4 heteroatoms. The Labute approximate surface area is 63.3 Å². The number of aliphatic imine (C=N–C) groups is 1. The van der Waals surface area contributed by atoms with Crippen molar-refractivity contribution in [2.45, 2.75) is 13.0 Å². The fourth-order valence-corrected chi connectivity index (χ4v) is 1.23. The lowest BCUT2D eigenvalue weighted by Crippen LogP contribution is -2.07. The molecule has 0 bridgehead atoms. The van der Waals surface area contributed by atoms with Gasteiger partial charge in [-0.15, -0.1) is 0 Å². The zero-order valence-corrected chi connectivity index (χ0v) is 6.06. The summed E-state index contributed by atoms with van der Waals surface area (Å²) in [5, 5.41) is 2.83. The number of nitrogens with one attached hydrogen (secondary N) is 2. The molecule has 0 aromatic carbocycles. The zero-order chi connectivity index (χ0) is 7.84. The molecule has 0 fully saturated rings. The number of nitrogens with zero attached hydrogens (tertiary/aromatic N) is 1. The Morgan fingerprint density at radius 1 is 1.64 bits per heavy atom. The van der Waals surface area contributed by atoms with E-state index < -0.39 is 0 Å². The summed E-state index contributed by atoms with van der Waals surface area (Å²) in [6, 6.07) is -0.0856. The average Bonchev–Trinajstić information content (AvgIpc) is 2.34. The molecule has 1 aliphatic rings. The molecular formula is C7H8FN3. The van der Waals surface area contributed by atoms with Gasteiger partial charge in [0.05, 0.1) is 17.9 Å². The van der Waals surface area contributed by atoms with Crippen LogP contribution in [0.4, 0.5) is 10.2 Å². The van der Waals surface area contributed by atoms with E-state index in [1.807, 2.05) is 6.92 Å². The molecule has 58 valence electrons. The van der Waals surface area contributed by atoms with Gasteiger partial charge in [0, 0.05) is 6.20 Å². The molecule has 11 heavy (non-hydrogen) atoms. The van der Waals surface area contributed by atoms with Crippen molar-refractivity contribution in [1.29, 1.82) is 0 Å². The van der Waals surface area contributed by atoms with Gasteiger partial charge in [-0.1, -0.05) is 0 Å². The molecule has 0 amide bonds. The van der Waals surface area contributed by atoms with Crippen molar-refractivity contribution >= 4 is 12.2 Å². The molecular weight excluding hydrogens is 145 g/mol. The van der Waals surface area contributed by atoms with Crippen LogP contribution in [0.5, 0.6) is 0 Å². The lowest BCUT2D eigenvalue weighted by Gasteiger charge is -2.12. The van der Waals surface area contributed by atoms with Gasteiger partial charge < -0.3 is 10.3 Å². The summed E-state index contributed by atoms with van der Waals surface area (Å²) >= 11 is 0. The number of hydrogen-bond donors (Lipinski definition) is 2. The van der Waals surface area contributed by atoms with Crippen LogP contribution >= 0.6 is 0 Å². The molecule has 1 atom stereocenters. The largest absolute Gasteiger partial charge is 0.345 e. The maximum atomic E-state index is 12.9. The molecule has 2 N–H and O–H groups in total. The molecule has 1 unspecified atom stereocenters. The topological polar surface area (TPSA) is 40.2 Å². The maximum Gasteiger partial charge on any atom is 0.148 e. The Bertz CT molecular complexity index is 303. The predicted octanol–water partition coefficient (Wildman–Crippen LogP) is 1.67. The molecule has 0 spiro atoms. The van der Waals surface area contributed by atoms with Crippen molar-refractivity contribution in [1.82, 2.24) is 4.98 Å². The van der Waals surface area contributed by atoms with Gasteiger partial charge in [-0.3, -0.25) is 4.99 Å². The Hall–Kier alpha value is -1.32. The minimum absolute atomic E-state index is 0.0856. The van der Waals surface area contributed by atoms with Crippen LogP contribution in [0.25, 0.3) is 0 Å². The number of anilines is 1. The van der Waals surface area contributed by atoms with E-state index in [-0.39, 0.29) is 11.9 Å². The zero-order valence-electron chi connectivity index (χ0n) is 6.06. The molecule has 1 aromatic heterocycles. The minimum Gasteiger partial charge on any atom is -0.345 e. The van der Waals surface area contributed by atoms with Crippen molar-refractivity contribution < 1.29 is 4.39 Å². The van der Waals surface area contributed by atoms with Crippen LogP contribution in [0.15, 0.2) is 11.2 Å². The molecule has 2 rings (SSSR count). The van der Waals surface area contributed by atoms with Gasteiger partial charge in [-0.2, -0.15) is 0 Å². The Kier molecular flexibility index (Phi) is 1.21. The van der Waals surface area contributed by atoms with Gasteiger partial charge in [-0.25, -0.2) is 4.39 Å². The maximum absolute atomic E-state index is 12.9. The second-order valence-corrected chi connectivity index (χ2v) is 2.52. The van der Waals surface area contributed by atoms with Crippen LogP contribution in [0.1, 0.15) is 18.5 Å². The van der Waals surface area contributed by atoms with E-state index in [9.17, 15) is 4.39 Å². The molecule has 1 aliphatic heterocycles. The second-order valence-electron chi connectivity index (χ2n) is 2.52. The van der Waals surface area contributed by atoms with E-state index in [4.69, 9.17) is 0 Å². The third-order valence-electron chi connectivity index (χ3n) is 1.79. The van der Waals surface area contributed by atoms with Crippen LogP contribution < -0.4 is 5.32 Å². The third-order valence-corrected chi connectivity index (χ3v) is 1.79. The van der Waals surface area contributed by atoms with Gasteiger partial charge in [0.2, 0.25) is 0 Å². The number of hydrogen-bond acceptors (Lipinski definition) is 2. The lowest BCUT2D eigenvalue weighted by atomic mass is 10.1. The fraction of sp³-hybridized carbons (Fsp3) is 0.286. The van der Waals surface area contributed by atoms with Gasteiger partial charge in [0.25, 0.3) is 0 Å². The molecule has 0 saturated heterocycles. The first-order chi connectivity index (χ1) is 5.29. The van der Waals surface area contributed by atoms with Crippen LogP contribution in [0.2, 0.25) is 0 Å². The molecule has 0 radical (unpaired) electrons. The normalized spacial score (nSPS) is 21.1. The first kappa shape index (κ1) is 6.39. The number of aromatic nitrogens is 1. The monoisotopic (exact) mass is 153 g/mol. The highest BCUT2D eigenvalue weighted by atomic mass is 19.1. The highest BCUT2D eigenvalue weighted by Gasteiger charge is 2.18. The van der Waals surface area contributed by atoms with E-state index in [0.29, 0.717) is 11.4 Å². The number of aromatic amines is 1. The lowest BCUT2D eigenvalue weighted by molar-refractivity contribution is 0.599. The van der Waals surface area contributed by atoms with Crippen molar-refractivity contribution in [3.63, 3.8) is 0 Å². The number of fused-ring (bicyclic) bond motifs is 1. The van der Waals surface area contributed by atoms with Crippen LogP contribution in [-0.2, 0) is 0 Å². The van der Waals surface area contributed by atoms with Crippen molar-refractivity contribution in [3.05, 3.63) is 17.6 Å². The highest BCUT2D eigenvalue weighted by Crippen LogP contribution is 2.29. The van der Waals surface area contributed by atoms with Crippen molar-refractivity contribution in [2.24, 2.45) is 4.99 Å². The quantitative estimate of drug-likeness (QED) is 0.584. The van der Waals surface area contributed by atoms with Crippen molar-refractivity contribution in [2.75, 3.05) is 5.32 Å². The Morgan fingerprint density at radius 2 is 2.45 bits per heavy atom. The van der Waals surface area contributed by atoms with Gasteiger partial charge in [0.1, 0.15) is 11.6 Å². The Morgan fingerprint density at radius 3 is 3.18 bits per heavy atom. The summed E-state index contributed by atoms with van der Waals surface area (Å²) in [5.41, 5.74) is 0.618. The molecule has 0 saturated carbocycles. The van der Waals surface area contributed by atoms with Gasteiger partial charge in [0.15, 0.2) is 0 Å². The molecule has 1 aromatic rings. The van der Waals surface area contributed by atoms with Gasteiger partial charge in [-0.05, 0) is 6.92 Å². The van der Waals surface area contributed by atoms with E-state index in [1.54, 1.807) is 6.34 Å². The summed E-state index contributed by atoms with van der Waals surface area (Å²) in [4.78, 5) is 6.79. The first-order valence-electron chi connectivity index (χ1n) is 3.44. The van der Waals surface area contributed by atoms with Gasteiger partial charge >= 0.3 is 0 Å². The predicted molar refractivity (Wildman–Crippen MR) is 41.3 cm³/mol. The fourth-order valence-electron chi connectivity index (χ4n) is 1.23. The Balaban J connectivity index is 2.54. The number of H-pyrrole nitrogens is 1. The molecule has 0 aliphatic carbocycles. The minimum atomic E-state index is -0.225.